The minimum Gasteiger partial charge on any atom is -0.488 e. The van der Waals surface area contributed by atoms with Gasteiger partial charge in [0, 0.05) is 64.6 Å². The van der Waals surface area contributed by atoms with Gasteiger partial charge in [-0.1, -0.05) is 36.4 Å². The Morgan fingerprint density at radius 2 is 0.972 bits per heavy atom. The lowest BCUT2D eigenvalue weighted by molar-refractivity contribution is -0.154. The van der Waals surface area contributed by atoms with Crippen molar-refractivity contribution in [3.8, 4) is 23.0 Å². The molecule has 0 saturated carbocycles. The van der Waals surface area contributed by atoms with Crippen LogP contribution in [0.5, 0.6) is 23.0 Å². The van der Waals surface area contributed by atoms with Crippen LogP contribution in [0.1, 0.15) is 69.7 Å². The summed E-state index contributed by atoms with van der Waals surface area (Å²) < 4.78 is 95.6. The smallest absolute Gasteiger partial charge is 0.422 e. The number of nitrogens with one attached hydrogen (secondary N) is 2. The number of rotatable bonds is 26. The van der Waals surface area contributed by atoms with Gasteiger partial charge in [0.05, 0.1) is 22.5 Å². The van der Waals surface area contributed by atoms with Crippen molar-refractivity contribution in [3.63, 3.8) is 0 Å². The van der Waals surface area contributed by atoms with Crippen molar-refractivity contribution in [1.82, 2.24) is 10.6 Å². The number of benzene rings is 4. The van der Waals surface area contributed by atoms with Gasteiger partial charge in [-0.15, -0.1) is 0 Å². The van der Waals surface area contributed by atoms with E-state index in [1.807, 2.05) is 26.0 Å². The van der Waals surface area contributed by atoms with Crippen LogP contribution in [-0.2, 0) is 25.7 Å². The number of ether oxygens (including phenoxy) is 4. The Morgan fingerprint density at radius 3 is 1.30 bits per heavy atom. The van der Waals surface area contributed by atoms with Crippen molar-refractivity contribution in [3.05, 3.63) is 106 Å². The molecule has 2 amide bonds. The van der Waals surface area contributed by atoms with E-state index in [-0.39, 0.29) is 67.0 Å². The molecule has 0 radical (unpaired) electrons. The summed E-state index contributed by atoms with van der Waals surface area (Å²) >= 11 is 0. The molecular formula is C50H66F6N6O9. The van der Waals surface area contributed by atoms with E-state index in [1.165, 1.54) is 12.1 Å². The van der Waals surface area contributed by atoms with Gasteiger partial charge in [-0.25, -0.2) is 0 Å². The summed E-state index contributed by atoms with van der Waals surface area (Å²) in [5.74, 6) is -0.353. The molecule has 2 aliphatic rings. The van der Waals surface area contributed by atoms with Gasteiger partial charge >= 0.3 is 12.4 Å². The lowest BCUT2D eigenvalue weighted by atomic mass is 9.98. The highest BCUT2D eigenvalue weighted by Gasteiger charge is 2.31. The zero-order valence-corrected chi connectivity index (χ0v) is 40.0. The maximum atomic E-state index is 12.4. The fraction of sp³-hybridized carbons (Fsp3) is 0.480. The molecule has 2 atom stereocenters. The number of carbonyl (C=O) groups excluding carboxylic acids is 2. The normalized spacial score (nSPS) is 13.8. The van der Waals surface area contributed by atoms with Gasteiger partial charge in [0.15, 0.2) is 36.2 Å². The van der Waals surface area contributed by atoms with Crippen molar-refractivity contribution in [1.29, 1.82) is 0 Å². The number of nitrogens with zero attached hydrogens (tertiary/aromatic N) is 2. The van der Waals surface area contributed by atoms with Crippen LogP contribution in [0.2, 0.25) is 0 Å². The maximum Gasteiger partial charge on any atom is 0.422 e. The van der Waals surface area contributed by atoms with E-state index in [1.54, 1.807) is 36.4 Å². The monoisotopic (exact) mass is 1010 g/mol. The summed E-state index contributed by atoms with van der Waals surface area (Å²) in [6, 6.07) is 20.5. The molecule has 0 fully saturated rings. The van der Waals surface area contributed by atoms with Gasteiger partial charge in [-0.3, -0.25) is 9.59 Å². The Hall–Kier alpha value is -6.00. The minimum atomic E-state index is -4.42. The third-order valence-corrected chi connectivity index (χ3v) is 11.4. The Morgan fingerprint density at radius 1 is 0.620 bits per heavy atom. The van der Waals surface area contributed by atoms with Crippen LogP contribution >= 0.6 is 0 Å². The van der Waals surface area contributed by atoms with Crippen molar-refractivity contribution in [2.24, 2.45) is 11.5 Å². The van der Waals surface area contributed by atoms with E-state index in [0.29, 0.717) is 63.0 Å². The summed E-state index contributed by atoms with van der Waals surface area (Å²) in [5.41, 5.74) is 18.2. The van der Waals surface area contributed by atoms with Crippen molar-refractivity contribution < 1.29 is 70.6 Å². The van der Waals surface area contributed by atoms with Crippen LogP contribution < -0.4 is 50.8 Å². The topological polar surface area (TPSA) is 226 Å². The number of fused-ring (bicyclic) bond motifs is 2. The number of carbonyl (C=O) groups is 2. The molecule has 0 bridgehead atoms. The van der Waals surface area contributed by atoms with E-state index in [0.717, 1.165) is 59.6 Å². The second kappa shape index (κ2) is 27.6. The van der Waals surface area contributed by atoms with Gasteiger partial charge < -0.3 is 66.5 Å². The number of hydrogen-bond acceptors (Lipinski definition) is 12. The molecule has 6 rings (SSSR count). The first kappa shape index (κ1) is 57.6. The number of nitrogens with two attached hydrogens (primary N) is 2. The number of amides is 2. The SMILES string of the molecule is CC(Cc1cc2c(c(C(N)=O)c1)N(CCCO)CC2)NCCOc1ccccc1OCC(F)(F)F.CC(Cc1cc2c(c(C(N)=O)c1)N(CCCO)CC2)NCCOc1ccccc1OCC(F)(F)F.O. The fourth-order valence-corrected chi connectivity index (χ4v) is 8.45. The second-order valence-corrected chi connectivity index (χ2v) is 17.2. The number of halogens is 6. The van der Waals surface area contributed by atoms with Crippen LogP contribution in [0.15, 0.2) is 72.8 Å². The standard InChI is InChI=1S/2C25H32F3N3O4.H2O/c2*1-17(30-8-12-34-21-5-2-3-6-22(21)35-16-25(26,27)28)13-18-14-19-7-10-31(9-4-11-32)23(19)20(15-18)24(29)33;/h2*2-3,5-6,14-15,17,30,32H,4,7-13,16H2,1H3,(H2,29,33);1H2. The van der Waals surface area contributed by atoms with Crippen LogP contribution in [-0.4, -0.2) is 131 Å². The summed E-state index contributed by atoms with van der Waals surface area (Å²) in [6.07, 6.45) is -4.63. The molecule has 2 unspecified atom stereocenters. The quantitative estimate of drug-likeness (QED) is 0.0348. The first-order valence-corrected chi connectivity index (χ1v) is 23.3. The minimum absolute atomic E-state index is 0. The van der Waals surface area contributed by atoms with Gasteiger partial charge in [0.1, 0.15) is 13.2 Å². The molecule has 4 aromatic carbocycles. The third kappa shape index (κ3) is 18.3. The van der Waals surface area contributed by atoms with Gasteiger partial charge in [-0.2, -0.15) is 26.3 Å². The molecule has 0 spiro atoms. The second-order valence-electron chi connectivity index (χ2n) is 17.2. The highest BCUT2D eigenvalue weighted by atomic mass is 19.4. The summed E-state index contributed by atoms with van der Waals surface area (Å²) in [4.78, 5) is 28.5. The molecule has 2 aliphatic heterocycles. The Kier molecular flexibility index (Phi) is 22.4. The third-order valence-electron chi connectivity index (χ3n) is 11.4. The lowest BCUT2D eigenvalue weighted by Gasteiger charge is -2.22. The van der Waals surface area contributed by atoms with E-state index in [9.17, 15) is 35.9 Å². The molecule has 15 nitrogen and oxygen atoms in total. The van der Waals surface area contributed by atoms with E-state index in [4.69, 9.17) is 40.6 Å². The van der Waals surface area contributed by atoms with E-state index in [2.05, 4.69) is 32.6 Å². The van der Waals surface area contributed by atoms with Crippen LogP contribution in [0.4, 0.5) is 37.7 Å². The largest absolute Gasteiger partial charge is 0.488 e. The number of aliphatic hydroxyl groups is 2. The molecule has 392 valence electrons. The number of hydrogen-bond donors (Lipinski definition) is 6. The number of primary amides is 2. The Balaban J connectivity index is 0.000000304. The van der Waals surface area contributed by atoms with Crippen molar-refractivity contribution in [2.45, 2.75) is 76.8 Å². The number of aliphatic hydroxyl groups excluding tert-OH is 2. The zero-order chi connectivity index (χ0) is 50.8. The first-order valence-electron chi connectivity index (χ1n) is 23.3. The highest BCUT2D eigenvalue weighted by Crippen LogP contribution is 2.36. The van der Waals surface area contributed by atoms with E-state index >= 15 is 0 Å². The molecule has 71 heavy (non-hydrogen) atoms. The summed E-state index contributed by atoms with van der Waals surface area (Å²) in [7, 11) is 0. The number of anilines is 2. The van der Waals surface area contributed by atoms with Crippen LogP contribution in [0, 0.1) is 0 Å². The summed E-state index contributed by atoms with van der Waals surface area (Å²) in [6.45, 7) is 5.79. The maximum absolute atomic E-state index is 12.4. The van der Waals surface area contributed by atoms with Crippen molar-refractivity contribution in [2.75, 3.05) is 88.7 Å². The number of para-hydroxylation sites is 4. The van der Waals surface area contributed by atoms with Crippen LogP contribution in [0.3, 0.4) is 0 Å². The summed E-state index contributed by atoms with van der Waals surface area (Å²) in [5, 5.41) is 24.9. The first-order chi connectivity index (χ1) is 33.3. The van der Waals surface area contributed by atoms with Crippen molar-refractivity contribution >= 4 is 23.2 Å². The van der Waals surface area contributed by atoms with Gasteiger partial charge in [0.25, 0.3) is 11.8 Å². The molecular weight excluding hydrogens is 943 g/mol. The lowest BCUT2D eigenvalue weighted by Crippen LogP contribution is -2.32. The van der Waals surface area contributed by atoms with Gasteiger partial charge in [-0.05, 0) is 111 Å². The molecule has 21 heteroatoms. The molecule has 4 aromatic rings. The molecule has 0 aliphatic carbocycles. The average Bonchev–Trinajstić information content (AvgIpc) is 3.92. The Bertz CT molecular complexity index is 2160. The predicted octanol–water partition coefficient (Wildman–Crippen LogP) is 5.32. The number of alkyl halides is 6. The molecule has 2 heterocycles. The Labute approximate surface area is 409 Å². The van der Waals surface area contributed by atoms with Crippen LogP contribution in [0.25, 0.3) is 0 Å². The predicted molar refractivity (Wildman–Crippen MR) is 258 cm³/mol. The zero-order valence-electron chi connectivity index (χ0n) is 40.0. The molecule has 0 saturated heterocycles. The fourth-order valence-electron chi connectivity index (χ4n) is 8.45. The average molecular weight is 1010 g/mol. The molecule has 0 aromatic heterocycles. The highest BCUT2D eigenvalue weighted by molar-refractivity contribution is 6.01. The van der Waals surface area contributed by atoms with Gasteiger partial charge in [0.2, 0.25) is 0 Å². The van der Waals surface area contributed by atoms with E-state index < -0.39 is 37.4 Å². The molecule has 10 N–H and O–H groups in total.